The number of nitrogens with one attached hydrogen (secondary N) is 1. The van der Waals surface area contributed by atoms with Gasteiger partial charge in [-0.2, -0.15) is 4.76 Å². The van der Waals surface area contributed by atoms with Gasteiger partial charge in [0.15, 0.2) is 12.4 Å². The van der Waals surface area contributed by atoms with Crippen LogP contribution in [0, 0.1) is 0 Å². The normalized spacial score (nSPS) is 17.9. The lowest BCUT2D eigenvalue weighted by Crippen LogP contribution is -2.33. The number of rotatable bonds is 8. The number of aryl methyl sites for hydroxylation is 1. The average molecular weight is 500 g/mol. The molecular weight excluding hydrogens is 475 g/mol. The van der Waals surface area contributed by atoms with Crippen LogP contribution in [0.4, 0.5) is 5.69 Å². The third-order valence-electron chi connectivity index (χ3n) is 5.70. The number of hydrogen-bond donors (Lipinski definition) is 4. The summed E-state index contributed by atoms with van der Waals surface area (Å²) in [4.78, 5) is 35.2. The van der Waals surface area contributed by atoms with Crippen LogP contribution in [0.3, 0.4) is 0 Å². The van der Waals surface area contributed by atoms with Crippen molar-refractivity contribution in [3.05, 3.63) is 58.4 Å². The Balaban J connectivity index is 1.82. The van der Waals surface area contributed by atoms with E-state index in [0.717, 1.165) is 0 Å². The predicted octanol–water partition coefficient (Wildman–Crippen LogP) is 1.68. The zero-order valence-corrected chi connectivity index (χ0v) is 20.0. The molecule has 0 aliphatic carbocycles. The lowest BCUT2D eigenvalue weighted by atomic mass is 10.1. The maximum atomic E-state index is 13.5. The van der Waals surface area contributed by atoms with Crippen molar-refractivity contribution < 1.29 is 28.8 Å². The van der Waals surface area contributed by atoms with Crippen molar-refractivity contribution in [1.29, 1.82) is 0 Å². The minimum absolute atomic E-state index is 0.0715. The van der Waals surface area contributed by atoms with Gasteiger partial charge in [0.1, 0.15) is 17.1 Å². The van der Waals surface area contributed by atoms with Crippen LogP contribution in [0.15, 0.2) is 52.0 Å². The fourth-order valence-corrected chi connectivity index (χ4v) is 5.08. The third-order valence-corrected chi connectivity index (χ3v) is 7.17. The number of carbonyl (C=O) groups is 1. The standard InChI is InChI=1S/C23H25N4O7P/c1-13(33-2)9-10-27-17-6-4-3-5-15(17)21(29)20(23(27)30)22-25-16-8-7-14(34-12-19(24)28)11-18(16)35(31,32)26-22/h3-8,11,13,29H,9-10,12H2,1-2H3,(H2,24,28)(H2,25,26,31,32). The number of amidine groups is 1. The Labute approximate surface area is 200 Å². The topological polar surface area (TPSA) is 165 Å². The molecule has 0 fully saturated rings. The Hall–Kier alpha value is -3.66. The van der Waals surface area contributed by atoms with Gasteiger partial charge in [0.25, 0.3) is 11.5 Å². The van der Waals surface area contributed by atoms with Crippen LogP contribution in [0.2, 0.25) is 0 Å². The number of nitrogens with two attached hydrogens (primary N) is 1. The summed E-state index contributed by atoms with van der Waals surface area (Å²) in [6.07, 6.45) is 0.415. The maximum Gasteiger partial charge on any atom is 0.346 e. The van der Waals surface area contributed by atoms with E-state index in [1.165, 1.54) is 22.8 Å². The molecule has 4 rings (SSSR count). The molecule has 0 bridgehead atoms. The fourth-order valence-electron chi connectivity index (χ4n) is 3.81. The second kappa shape index (κ2) is 9.53. The van der Waals surface area contributed by atoms with Crippen molar-refractivity contribution in [2.75, 3.05) is 19.0 Å². The summed E-state index contributed by atoms with van der Waals surface area (Å²) in [5, 5.41) is 14.2. The largest absolute Gasteiger partial charge is 0.506 e. The molecule has 0 saturated heterocycles. The molecule has 35 heavy (non-hydrogen) atoms. The Bertz CT molecular complexity index is 1450. The predicted molar refractivity (Wildman–Crippen MR) is 132 cm³/mol. The van der Waals surface area contributed by atoms with Crippen LogP contribution in [-0.4, -0.2) is 46.1 Å². The number of amides is 1. The molecule has 1 aromatic heterocycles. The summed E-state index contributed by atoms with van der Waals surface area (Å²) >= 11 is 0. The highest BCUT2D eigenvalue weighted by atomic mass is 31.2. The highest BCUT2D eigenvalue weighted by Crippen LogP contribution is 2.47. The fraction of sp³-hybridized carbons (Fsp3) is 0.261. The molecule has 184 valence electrons. The number of fused-ring (bicyclic) bond motifs is 2. The van der Waals surface area contributed by atoms with E-state index in [9.17, 15) is 24.2 Å². The number of aromatic hydroxyl groups is 1. The number of nitrogens with zero attached hydrogens (tertiary/aromatic N) is 2. The molecule has 2 aromatic carbocycles. The summed E-state index contributed by atoms with van der Waals surface area (Å²) in [6, 6.07) is 11.0. The molecular formula is C23H25N4O7P. The maximum absolute atomic E-state index is 13.5. The van der Waals surface area contributed by atoms with E-state index in [1.54, 1.807) is 31.4 Å². The van der Waals surface area contributed by atoms with E-state index >= 15 is 0 Å². The van der Waals surface area contributed by atoms with Gasteiger partial charge in [-0.25, -0.2) is 0 Å². The van der Waals surface area contributed by atoms with Crippen LogP contribution in [0.25, 0.3) is 10.9 Å². The molecule has 5 N–H and O–H groups in total. The molecule has 11 nitrogen and oxygen atoms in total. The van der Waals surface area contributed by atoms with Gasteiger partial charge in [0.05, 0.1) is 22.6 Å². The second-order valence-corrected chi connectivity index (χ2v) is 9.85. The molecule has 0 spiro atoms. The quantitative estimate of drug-likeness (QED) is 0.339. The number of benzene rings is 2. The van der Waals surface area contributed by atoms with E-state index < -0.39 is 25.6 Å². The minimum Gasteiger partial charge on any atom is -0.506 e. The number of primary amides is 1. The number of anilines is 1. The van der Waals surface area contributed by atoms with Gasteiger partial charge in [-0.05, 0) is 43.7 Å². The average Bonchev–Trinajstić information content (AvgIpc) is 2.82. The molecule has 2 heterocycles. The number of methoxy groups -OCH3 is 1. The highest BCUT2D eigenvalue weighted by Gasteiger charge is 2.33. The first-order chi connectivity index (χ1) is 16.6. The number of ether oxygens (including phenoxy) is 2. The van der Waals surface area contributed by atoms with Crippen molar-refractivity contribution in [1.82, 2.24) is 4.57 Å². The molecule has 3 aromatic rings. The van der Waals surface area contributed by atoms with E-state index in [2.05, 4.69) is 10.1 Å². The second-order valence-electron chi connectivity index (χ2n) is 8.08. The summed E-state index contributed by atoms with van der Waals surface area (Å²) in [7, 11) is -2.80. The Morgan fingerprint density at radius 3 is 2.74 bits per heavy atom. The van der Waals surface area contributed by atoms with Crippen molar-refractivity contribution in [2.24, 2.45) is 10.5 Å². The number of carbonyl (C=O) groups excluding carboxylic acids is 1. The molecule has 1 amide bonds. The lowest BCUT2D eigenvalue weighted by Gasteiger charge is -2.24. The van der Waals surface area contributed by atoms with Crippen molar-refractivity contribution >= 4 is 41.2 Å². The molecule has 2 atom stereocenters. The summed E-state index contributed by atoms with van der Waals surface area (Å²) in [5.41, 5.74) is 5.01. The minimum atomic E-state index is -4.37. The molecule has 12 heteroatoms. The number of aromatic nitrogens is 1. The van der Waals surface area contributed by atoms with Crippen molar-refractivity contribution in [3.63, 3.8) is 0 Å². The van der Waals surface area contributed by atoms with E-state index in [-0.39, 0.29) is 40.0 Å². The monoisotopic (exact) mass is 500 g/mol. The summed E-state index contributed by atoms with van der Waals surface area (Å²) in [5.74, 6) is -1.12. The Morgan fingerprint density at radius 2 is 2.03 bits per heavy atom. The summed E-state index contributed by atoms with van der Waals surface area (Å²) in [6.45, 7) is 1.77. The first kappa shape index (κ1) is 24.5. The van der Waals surface area contributed by atoms with Gasteiger partial charge in [-0.1, -0.05) is 12.1 Å². The first-order valence-corrected chi connectivity index (χ1v) is 12.4. The molecule has 1 aliphatic rings. The zero-order valence-electron chi connectivity index (χ0n) is 19.1. The van der Waals surface area contributed by atoms with Crippen molar-refractivity contribution in [3.8, 4) is 11.5 Å². The number of para-hydroxylation sites is 1. The van der Waals surface area contributed by atoms with Crippen LogP contribution < -0.4 is 26.7 Å². The number of hydrogen-bond acceptors (Lipinski definition) is 7. The lowest BCUT2D eigenvalue weighted by molar-refractivity contribution is -0.119. The smallest absolute Gasteiger partial charge is 0.346 e. The van der Waals surface area contributed by atoms with Gasteiger partial charge < -0.3 is 35.1 Å². The molecule has 0 radical (unpaired) electrons. The van der Waals surface area contributed by atoms with Gasteiger partial charge in [0.2, 0.25) is 0 Å². The SMILES string of the molecule is COC(C)CCn1c(=O)c(C2=NP(=O)(O)c3cc(OCC(N)=O)ccc3N2)c(O)c2ccccc21. The van der Waals surface area contributed by atoms with E-state index in [4.69, 9.17) is 15.2 Å². The van der Waals surface area contributed by atoms with Gasteiger partial charge in [0, 0.05) is 19.0 Å². The highest BCUT2D eigenvalue weighted by molar-refractivity contribution is 7.65. The molecule has 0 saturated carbocycles. The van der Waals surface area contributed by atoms with Crippen molar-refractivity contribution in [2.45, 2.75) is 26.0 Å². The Kier molecular flexibility index (Phi) is 6.66. The zero-order chi connectivity index (χ0) is 25.3. The van der Waals surface area contributed by atoms with Gasteiger partial charge in [-0.3, -0.25) is 14.2 Å². The van der Waals surface area contributed by atoms with Gasteiger partial charge in [-0.15, -0.1) is 0 Å². The van der Waals surface area contributed by atoms with Gasteiger partial charge >= 0.3 is 7.52 Å². The van der Waals surface area contributed by atoms with E-state index in [0.29, 0.717) is 23.9 Å². The molecule has 2 unspecified atom stereocenters. The van der Waals surface area contributed by atoms with Crippen LogP contribution in [-0.2, 0) is 20.6 Å². The van der Waals surface area contributed by atoms with E-state index in [1.807, 2.05) is 6.92 Å². The third kappa shape index (κ3) is 4.79. The summed E-state index contributed by atoms with van der Waals surface area (Å²) < 4.78 is 29.0. The van der Waals surface area contributed by atoms with Crippen LogP contribution >= 0.6 is 7.52 Å². The molecule has 1 aliphatic heterocycles. The van der Waals surface area contributed by atoms with Crippen LogP contribution in [0.1, 0.15) is 18.9 Å². The Morgan fingerprint density at radius 1 is 1.29 bits per heavy atom. The number of pyridine rings is 1. The first-order valence-electron chi connectivity index (χ1n) is 10.8. The van der Waals surface area contributed by atoms with Crippen LogP contribution in [0.5, 0.6) is 11.5 Å².